The van der Waals surface area contributed by atoms with Crippen LogP contribution in [-0.4, -0.2) is 35.0 Å². The van der Waals surface area contributed by atoms with Crippen LogP contribution in [0.3, 0.4) is 0 Å². The fourth-order valence-corrected chi connectivity index (χ4v) is 3.74. The predicted octanol–water partition coefficient (Wildman–Crippen LogP) is 3.76. The van der Waals surface area contributed by atoms with Crippen molar-refractivity contribution >= 4 is 41.0 Å². The average Bonchev–Trinajstić information content (AvgIpc) is 2.85. The second kappa shape index (κ2) is 8.41. The van der Waals surface area contributed by atoms with Crippen molar-refractivity contribution in [1.29, 1.82) is 0 Å². The number of benzene rings is 1. The number of nitrogens with one attached hydrogen (secondary N) is 1. The average molecular weight is 365 g/mol. The van der Waals surface area contributed by atoms with Crippen molar-refractivity contribution in [3.63, 3.8) is 0 Å². The van der Waals surface area contributed by atoms with Crippen molar-refractivity contribution in [2.75, 3.05) is 30.7 Å². The van der Waals surface area contributed by atoms with E-state index in [2.05, 4.69) is 24.1 Å². The molecule has 0 bridgehead atoms. The Kier molecular flexibility index (Phi) is 6.53. The summed E-state index contributed by atoms with van der Waals surface area (Å²) in [4.78, 5) is 15.3. The molecule has 2 aromatic rings. The molecule has 24 heavy (non-hydrogen) atoms. The number of nitrogens with two attached hydrogens (primary N) is 1. The number of para-hydroxylation sites is 1. The topological polar surface area (TPSA) is 63.3 Å². The highest BCUT2D eigenvalue weighted by atomic mass is 32.1. The maximum absolute atomic E-state index is 12.6. The minimum Gasteiger partial charge on any atom is -0.384 e. The van der Waals surface area contributed by atoms with Gasteiger partial charge in [-0.05, 0) is 43.9 Å². The second-order valence-corrected chi connectivity index (χ2v) is 7.17. The SMILES string of the molecule is CCN(CC)CCn1c(N)c(C(=O)Nc2ccccc2C)sc1=S. The Morgan fingerprint density at radius 2 is 2.00 bits per heavy atom. The lowest BCUT2D eigenvalue weighted by molar-refractivity contribution is 0.103. The molecule has 0 aliphatic carbocycles. The van der Waals surface area contributed by atoms with Crippen molar-refractivity contribution in [1.82, 2.24) is 9.47 Å². The minimum absolute atomic E-state index is 0.209. The van der Waals surface area contributed by atoms with E-state index in [1.165, 1.54) is 11.3 Å². The van der Waals surface area contributed by atoms with Gasteiger partial charge in [0.15, 0.2) is 3.95 Å². The summed E-state index contributed by atoms with van der Waals surface area (Å²) in [5, 5.41) is 2.92. The smallest absolute Gasteiger partial charge is 0.269 e. The molecule has 0 atom stereocenters. The van der Waals surface area contributed by atoms with E-state index in [4.69, 9.17) is 18.0 Å². The molecule has 0 spiro atoms. The van der Waals surface area contributed by atoms with Crippen molar-refractivity contribution in [3.05, 3.63) is 38.7 Å². The molecule has 3 N–H and O–H groups in total. The summed E-state index contributed by atoms with van der Waals surface area (Å²) in [7, 11) is 0. The Balaban J connectivity index is 2.17. The van der Waals surface area contributed by atoms with Crippen LogP contribution in [0.15, 0.2) is 24.3 Å². The Labute approximate surface area is 152 Å². The first-order valence-corrected chi connectivity index (χ1v) is 9.28. The van der Waals surface area contributed by atoms with Crippen LogP contribution in [0.2, 0.25) is 0 Å². The van der Waals surface area contributed by atoms with Gasteiger partial charge in [-0.3, -0.25) is 4.79 Å². The number of hydrogen-bond donors (Lipinski definition) is 2. The van der Waals surface area contributed by atoms with Crippen LogP contribution in [0, 0.1) is 10.9 Å². The molecule has 1 aromatic carbocycles. The lowest BCUT2D eigenvalue weighted by Crippen LogP contribution is -2.27. The Morgan fingerprint density at radius 1 is 1.33 bits per heavy atom. The zero-order valence-electron chi connectivity index (χ0n) is 14.3. The highest BCUT2D eigenvalue weighted by Crippen LogP contribution is 2.24. The van der Waals surface area contributed by atoms with E-state index in [-0.39, 0.29) is 5.91 Å². The van der Waals surface area contributed by atoms with Crippen molar-refractivity contribution < 1.29 is 4.79 Å². The number of carbonyl (C=O) groups is 1. The first kappa shape index (κ1) is 18.6. The van der Waals surface area contributed by atoms with Gasteiger partial charge in [0, 0.05) is 18.8 Å². The van der Waals surface area contributed by atoms with Gasteiger partial charge in [0.25, 0.3) is 5.91 Å². The van der Waals surface area contributed by atoms with Crippen LogP contribution >= 0.6 is 23.6 Å². The number of aromatic nitrogens is 1. The van der Waals surface area contributed by atoms with E-state index < -0.39 is 0 Å². The molecule has 5 nitrogen and oxygen atoms in total. The number of likely N-dealkylation sites (N-methyl/N-ethyl adjacent to an activating group) is 1. The molecule has 1 heterocycles. The molecule has 7 heteroatoms. The summed E-state index contributed by atoms with van der Waals surface area (Å²) in [5.41, 5.74) is 7.99. The monoisotopic (exact) mass is 364 g/mol. The molecule has 0 aliphatic rings. The third kappa shape index (κ3) is 4.23. The summed E-state index contributed by atoms with van der Waals surface area (Å²) in [6.07, 6.45) is 0. The molecule has 130 valence electrons. The maximum atomic E-state index is 12.6. The molecular weight excluding hydrogens is 340 g/mol. The van der Waals surface area contributed by atoms with Crippen molar-refractivity contribution in [2.24, 2.45) is 0 Å². The Morgan fingerprint density at radius 3 is 2.62 bits per heavy atom. The lowest BCUT2D eigenvalue weighted by Gasteiger charge is -2.18. The molecule has 0 saturated carbocycles. The van der Waals surface area contributed by atoms with Crippen LogP contribution in [0.4, 0.5) is 11.5 Å². The zero-order valence-corrected chi connectivity index (χ0v) is 16.0. The number of nitrogen functional groups attached to an aromatic ring is 1. The summed E-state index contributed by atoms with van der Waals surface area (Å²) in [6, 6.07) is 7.66. The normalized spacial score (nSPS) is 11.0. The summed E-state index contributed by atoms with van der Waals surface area (Å²) in [6.45, 7) is 9.72. The van der Waals surface area contributed by atoms with E-state index in [1.54, 1.807) is 0 Å². The number of thiazole rings is 1. The van der Waals surface area contributed by atoms with Crippen LogP contribution in [0.5, 0.6) is 0 Å². The highest BCUT2D eigenvalue weighted by Gasteiger charge is 2.18. The number of carbonyl (C=O) groups excluding carboxylic acids is 1. The van der Waals surface area contributed by atoms with E-state index in [9.17, 15) is 4.79 Å². The van der Waals surface area contributed by atoms with Crippen molar-refractivity contribution in [2.45, 2.75) is 27.3 Å². The molecule has 0 radical (unpaired) electrons. The van der Waals surface area contributed by atoms with Gasteiger partial charge < -0.3 is 20.5 Å². The molecule has 0 saturated heterocycles. The Hall–Kier alpha value is -1.70. The highest BCUT2D eigenvalue weighted by molar-refractivity contribution is 7.73. The summed E-state index contributed by atoms with van der Waals surface area (Å²) < 4.78 is 2.49. The van der Waals surface area contributed by atoms with Gasteiger partial charge in [-0.1, -0.05) is 43.4 Å². The van der Waals surface area contributed by atoms with Crippen LogP contribution in [0.25, 0.3) is 0 Å². The van der Waals surface area contributed by atoms with Crippen LogP contribution < -0.4 is 11.1 Å². The molecule has 1 aromatic heterocycles. The van der Waals surface area contributed by atoms with Gasteiger partial charge in [0.2, 0.25) is 0 Å². The van der Waals surface area contributed by atoms with Gasteiger partial charge in [0.05, 0.1) is 0 Å². The van der Waals surface area contributed by atoms with E-state index >= 15 is 0 Å². The Bertz CT molecular complexity index is 762. The zero-order chi connectivity index (χ0) is 17.7. The second-order valence-electron chi connectivity index (χ2n) is 5.53. The minimum atomic E-state index is -0.209. The number of hydrogen-bond acceptors (Lipinski definition) is 5. The first-order valence-electron chi connectivity index (χ1n) is 8.06. The maximum Gasteiger partial charge on any atom is 0.269 e. The number of anilines is 2. The number of nitrogens with zero attached hydrogens (tertiary/aromatic N) is 2. The van der Waals surface area contributed by atoms with Gasteiger partial charge in [0.1, 0.15) is 10.7 Å². The third-order valence-electron chi connectivity index (χ3n) is 4.07. The molecule has 0 aliphatic heterocycles. The standard InChI is InChI=1S/C17H24N4OS2/c1-4-20(5-2)10-11-21-15(18)14(24-17(21)23)16(22)19-13-9-7-6-8-12(13)3/h6-9H,4-5,10-11,18H2,1-3H3,(H,19,22). The number of rotatable bonds is 7. The molecule has 2 rings (SSSR count). The van der Waals surface area contributed by atoms with Gasteiger partial charge >= 0.3 is 0 Å². The number of aryl methyl sites for hydroxylation is 1. The predicted molar refractivity (Wildman–Crippen MR) is 104 cm³/mol. The van der Waals surface area contributed by atoms with E-state index in [0.717, 1.165) is 30.9 Å². The third-order valence-corrected chi connectivity index (χ3v) is 5.53. The quantitative estimate of drug-likeness (QED) is 0.734. The molecule has 0 fully saturated rings. The van der Waals surface area contributed by atoms with Crippen LogP contribution in [0.1, 0.15) is 29.1 Å². The fraction of sp³-hybridized carbons (Fsp3) is 0.412. The summed E-state index contributed by atoms with van der Waals surface area (Å²) in [5.74, 6) is 0.239. The number of amides is 1. The molecular formula is C17H24N4OS2. The van der Waals surface area contributed by atoms with E-state index in [1.807, 2.05) is 35.8 Å². The van der Waals surface area contributed by atoms with Gasteiger partial charge in [-0.2, -0.15) is 0 Å². The largest absolute Gasteiger partial charge is 0.384 e. The molecule has 0 unspecified atom stereocenters. The van der Waals surface area contributed by atoms with Gasteiger partial charge in [-0.15, -0.1) is 0 Å². The van der Waals surface area contributed by atoms with Crippen molar-refractivity contribution in [3.8, 4) is 0 Å². The van der Waals surface area contributed by atoms with Gasteiger partial charge in [-0.25, -0.2) is 0 Å². The van der Waals surface area contributed by atoms with Crippen LogP contribution in [-0.2, 0) is 6.54 Å². The molecule has 1 amide bonds. The lowest BCUT2D eigenvalue weighted by atomic mass is 10.2. The summed E-state index contributed by atoms with van der Waals surface area (Å²) >= 11 is 6.66. The fourth-order valence-electron chi connectivity index (χ4n) is 2.46. The van der Waals surface area contributed by atoms with E-state index in [0.29, 0.717) is 21.2 Å². The first-order chi connectivity index (χ1) is 11.5.